The Kier molecular flexibility index (Phi) is 9.74. The number of hydrogen-bond acceptors (Lipinski definition) is 7. The lowest BCUT2D eigenvalue weighted by Crippen LogP contribution is -2.38. The lowest BCUT2D eigenvalue weighted by atomic mass is 9.94. The predicted molar refractivity (Wildman–Crippen MR) is 155 cm³/mol. The molecule has 8 nitrogen and oxygen atoms in total. The number of unbranched alkanes of at least 4 members (excludes halogenated alkanes) is 1. The van der Waals surface area contributed by atoms with E-state index in [0.29, 0.717) is 48.9 Å². The first kappa shape index (κ1) is 29.5. The second kappa shape index (κ2) is 13.2. The highest BCUT2D eigenvalue weighted by Gasteiger charge is 2.46. The van der Waals surface area contributed by atoms with Gasteiger partial charge in [-0.05, 0) is 74.8 Å². The zero-order valence-corrected chi connectivity index (χ0v) is 24.4. The number of nitrogens with zero attached hydrogens (tertiary/aromatic N) is 2. The summed E-state index contributed by atoms with van der Waals surface area (Å²) in [5, 5.41) is 11.6. The Balaban J connectivity index is 1.79. The predicted octanol–water partition coefficient (Wildman–Crippen LogP) is 5.35. The van der Waals surface area contributed by atoms with Crippen molar-refractivity contribution in [1.82, 2.24) is 9.80 Å². The fourth-order valence-electron chi connectivity index (χ4n) is 5.38. The molecule has 0 bridgehead atoms. The number of fused-ring (bicyclic) bond motifs is 1. The number of ketones is 1. The van der Waals surface area contributed by atoms with Crippen molar-refractivity contribution in [3.63, 3.8) is 0 Å². The average molecular weight is 551 g/mol. The van der Waals surface area contributed by atoms with E-state index in [1.807, 2.05) is 44.2 Å². The molecular formula is C32H42N2O6. The van der Waals surface area contributed by atoms with Crippen LogP contribution < -0.4 is 14.2 Å². The largest absolute Gasteiger partial charge is 0.507 e. The van der Waals surface area contributed by atoms with Crippen LogP contribution in [-0.4, -0.2) is 72.1 Å². The van der Waals surface area contributed by atoms with Crippen molar-refractivity contribution in [2.24, 2.45) is 0 Å². The van der Waals surface area contributed by atoms with Crippen molar-refractivity contribution in [3.8, 4) is 17.2 Å². The van der Waals surface area contributed by atoms with Gasteiger partial charge >= 0.3 is 0 Å². The van der Waals surface area contributed by atoms with Gasteiger partial charge in [0.25, 0.3) is 11.7 Å². The Morgan fingerprint density at radius 2 is 1.82 bits per heavy atom. The van der Waals surface area contributed by atoms with Gasteiger partial charge in [-0.2, -0.15) is 0 Å². The molecule has 0 spiro atoms. The fraction of sp³-hybridized carbons (Fsp3) is 0.500. The average Bonchev–Trinajstić information content (AvgIpc) is 3.45. The van der Waals surface area contributed by atoms with E-state index in [0.717, 1.165) is 43.7 Å². The van der Waals surface area contributed by atoms with E-state index < -0.39 is 17.7 Å². The zero-order chi connectivity index (χ0) is 28.8. The van der Waals surface area contributed by atoms with E-state index in [1.54, 1.807) is 11.0 Å². The molecule has 4 rings (SSSR count). The minimum Gasteiger partial charge on any atom is -0.507 e. The first-order valence-corrected chi connectivity index (χ1v) is 14.5. The zero-order valence-electron chi connectivity index (χ0n) is 24.4. The maximum atomic E-state index is 13.5. The Morgan fingerprint density at radius 1 is 1.05 bits per heavy atom. The number of carbonyl (C=O) groups is 2. The first-order chi connectivity index (χ1) is 19.3. The third-order valence-corrected chi connectivity index (χ3v) is 7.60. The van der Waals surface area contributed by atoms with E-state index in [-0.39, 0.29) is 17.4 Å². The second-order valence-corrected chi connectivity index (χ2v) is 10.3. The molecule has 2 aromatic rings. The van der Waals surface area contributed by atoms with Gasteiger partial charge in [0, 0.05) is 25.1 Å². The maximum absolute atomic E-state index is 13.5. The Hall–Kier alpha value is -3.52. The fourth-order valence-corrected chi connectivity index (χ4v) is 5.38. The molecular weight excluding hydrogens is 508 g/mol. The molecule has 8 heteroatoms. The van der Waals surface area contributed by atoms with Gasteiger partial charge in [-0.1, -0.05) is 33.3 Å². The summed E-state index contributed by atoms with van der Waals surface area (Å²) in [4.78, 5) is 30.8. The number of likely N-dealkylation sites (N-methyl/N-ethyl adjacent to an activating group) is 1. The summed E-state index contributed by atoms with van der Waals surface area (Å²) in [6, 6.07) is 10.2. The van der Waals surface area contributed by atoms with Gasteiger partial charge < -0.3 is 29.1 Å². The standard InChI is InChI=1S/C32H42N2O6/c1-6-10-17-39-26-14-11-22(20-27(26)38-9-4)29-28(31(36)32(37)34(29)16-15-33(7-2)8-3)30(35)23-12-13-25-24(19-23)18-21(5)40-25/h11-14,19-21,29,35H,6-10,15-18H2,1-5H3/b30-28+/t21-,29-/m1/s1. The number of aliphatic hydroxyl groups excluding tert-OH is 1. The van der Waals surface area contributed by atoms with Gasteiger partial charge in [0.2, 0.25) is 0 Å². The number of aliphatic hydroxyl groups is 1. The summed E-state index contributed by atoms with van der Waals surface area (Å²) in [5.74, 6) is 0.463. The molecule has 2 atom stereocenters. The van der Waals surface area contributed by atoms with Gasteiger partial charge in [-0.15, -0.1) is 0 Å². The number of benzene rings is 2. The second-order valence-electron chi connectivity index (χ2n) is 10.3. The normalized spacial score (nSPS) is 19.7. The lowest BCUT2D eigenvalue weighted by Gasteiger charge is -2.28. The van der Waals surface area contributed by atoms with E-state index in [2.05, 4.69) is 25.7 Å². The molecule has 2 heterocycles. The first-order valence-electron chi connectivity index (χ1n) is 14.5. The summed E-state index contributed by atoms with van der Waals surface area (Å²) in [7, 11) is 0. The molecule has 1 N–H and O–H groups in total. The number of Topliss-reactive ketones (excluding diaryl/α,β-unsaturated/α-hetero) is 1. The van der Waals surface area contributed by atoms with Crippen LogP contribution in [0.4, 0.5) is 0 Å². The third kappa shape index (κ3) is 6.12. The van der Waals surface area contributed by atoms with Gasteiger partial charge in [0.05, 0.1) is 24.8 Å². The van der Waals surface area contributed by atoms with Crippen LogP contribution in [0.15, 0.2) is 42.0 Å². The Bertz CT molecular complexity index is 1250. The van der Waals surface area contributed by atoms with Crippen molar-refractivity contribution in [3.05, 3.63) is 58.7 Å². The molecule has 0 aliphatic carbocycles. The van der Waals surface area contributed by atoms with Crippen LogP contribution >= 0.6 is 0 Å². The van der Waals surface area contributed by atoms with Crippen LogP contribution in [-0.2, 0) is 16.0 Å². The van der Waals surface area contributed by atoms with Crippen LogP contribution in [0, 0.1) is 0 Å². The summed E-state index contributed by atoms with van der Waals surface area (Å²) >= 11 is 0. The minimum atomic E-state index is -0.761. The molecule has 0 unspecified atom stereocenters. The number of ether oxygens (including phenoxy) is 3. The van der Waals surface area contributed by atoms with E-state index in [4.69, 9.17) is 14.2 Å². The molecule has 40 heavy (non-hydrogen) atoms. The van der Waals surface area contributed by atoms with E-state index in [1.165, 1.54) is 0 Å². The van der Waals surface area contributed by atoms with Gasteiger partial charge in [-0.25, -0.2) is 0 Å². The number of carbonyl (C=O) groups excluding carboxylic acids is 2. The highest BCUT2D eigenvalue weighted by molar-refractivity contribution is 6.46. The van der Waals surface area contributed by atoms with Crippen LogP contribution in [0.3, 0.4) is 0 Å². The highest BCUT2D eigenvalue weighted by atomic mass is 16.5. The number of hydrogen-bond donors (Lipinski definition) is 1. The topological polar surface area (TPSA) is 88.5 Å². The molecule has 216 valence electrons. The molecule has 1 amide bonds. The summed E-state index contributed by atoms with van der Waals surface area (Å²) in [5.41, 5.74) is 2.23. The van der Waals surface area contributed by atoms with Crippen LogP contribution in [0.1, 0.15) is 70.2 Å². The maximum Gasteiger partial charge on any atom is 0.295 e. The molecule has 2 aliphatic rings. The van der Waals surface area contributed by atoms with Gasteiger partial charge in [-0.3, -0.25) is 9.59 Å². The quantitative estimate of drug-likeness (QED) is 0.156. The summed E-state index contributed by atoms with van der Waals surface area (Å²) < 4.78 is 17.7. The van der Waals surface area contributed by atoms with Crippen molar-refractivity contribution in [2.45, 2.75) is 66.0 Å². The lowest BCUT2D eigenvalue weighted by molar-refractivity contribution is -0.140. The van der Waals surface area contributed by atoms with E-state index >= 15 is 0 Å². The highest BCUT2D eigenvalue weighted by Crippen LogP contribution is 2.42. The monoisotopic (exact) mass is 550 g/mol. The Morgan fingerprint density at radius 3 is 2.52 bits per heavy atom. The van der Waals surface area contributed by atoms with Crippen molar-refractivity contribution < 1.29 is 28.9 Å². The molecule has 1 saturated heterocycles. The van der Waals surface area contributed by atoms with Gasteiger partial charge in [0.15, 0.2) is 11.5 Å². The smallest absolute Gasteiger partial charge is 0.295 e. The van der Waals surface area contributed by atoms with E-state index in [9.17, 15) is 14.7 Å². The van der Waals surface area contributed by atoms with Crippen LogP contribution in [0.25, 0.3) is 5.76 Å². The number of likely N-dealkylation sites (tertiary alicyclic amines) is 1. The molecule has 0 radical (unpaired) electrons. The van der Waals surface area contributed by atoms with Crippen LogP contribution in [0.5, 0.6) is 17.2 Å². The number of rotatable bonds is 13. The van der Waals surface area contributed by atoms with Crippen molar-refractivity contribution >= 4 is 17.4 Å². The summed E-state index contributed by atoms with van der Waals surface area (Å²) in [6.45, 7) is 13.8. The van der Waals surface area contributed by atoms with Crippen molar-refractivity contribution in [1.29, 1.82) is 0 Å². The Labute approximate surface area is 237 Å². The minimum absolute atomic E-state index is 0.0492. The van der Waals surface area contributed by atoms with Crippen LogP contribution in [0.2, 0.25) is 0 Å². The van der Waals surface area contributed by atoms with Gasteiger partial charge in [0.1, 0.15) is 17.6 Å². The molecule has 0 saturated carbocycles. The summed E-state index contributed by atoms with van der Waals surface area (Å²) in [6.07, 6.45) is 2.70. The number of amides is 1. The molecule has 1 fully saturated rings. The van der Waals surface area contributed by atoms with Crippen molar-refractivity contribution in [2.75, 3.05) is 39.4 Å². The molecule has 0 aromatic heterocycles. The SMILES string of the molecule is CCCCOc1ccc([C@@H]2/C(=C(\O)c3ccc4c(c3)C[C@@H](C)O4)C(=O)C(=O)N2CCN(CC)CC)cc1OCC. The molecule has 2 aliphatic heterocycles. The third-order valence-electron chi connectivity index (χ3n) is 7.60. The molecule has 2 aromatic carbocycles.